The van der Waals surface area contributed by atoms with Crippen LogP contribution in [0.15, 0.2) is 47.5 Å². The molecule has 2 rings (SSSR count). The fourth-order valence-corrected chi connectivity index (χ4v) is 3.10. The zero-order chi connectivity index (χ0) is 20.4. The topological polar surface area (TPSA) is 74.8 Å². The second kappa shape index (κ2) is 13.3. The molecule has 0 aliphatic rings. The van der Waals surface area contributed by atoms with E-state index in [2.05, 4.69) is 25.7 Å². The molecule has 6 nitrogen and oxygen atoms in total. The molecule has 2 aromatic rings. The Hall–Kier alpha value is -2.01. The fourth-order valence-electron chi connectivity index (χ4n) is 2.52. The van der Waals surface area contributed by atoms with Crippen LogP contribution in [0.4, 0.5) is 14.9 Å². The van der Waals surface area contributed by atoms with Gasteiger partial charge in [-0.1, -0.05) is 18.2 Å². The van der Waals surface area contributed by atoms with Crippen molar-refractivity contribution in [1.29, 1.82) is 0 Å². The first-order chi connectivity index (χ1) is 13.5. The molecule has 0 radical (unpaired) electrons. The number of halogens is 2. The van der Waals surface area contributed by atoms with E-state index in [0.29, 0.717) is 24.7 Å². The van der Waals surface area contributed by atoms with Crippen LogP contribution in [0.1, 0.15) is 16.7 Å². The third-order valence-electron chi connectivity index (χ3n) is 3.98. The Morgan fingerprint density at radius 3 is 2.41 bits per heavy atom. The number of rotatable bonds is 7. The van der Waals surface area contributed by atoms with Crippen molar-refractivity contribution >= 4 is 53.5 Å². The average molecular weight is 532 g/mol. The number of ether oxygens (including phenoxy) is 1. The number of methoxy groups -OCH3 is 1. The van der Waals surface area contributed by atoms with E-state index in [1.54, 1.807) is 43.1 Å². The number of carbonyl (C=O) groups is 1. The molecule has 158 valence electrons. The molecule has 0 aliphatic carbocycles. The van der Waals surface area contributed by atoms with Crippen molar-refractivity contribution in [3.05, 3.63) is 65.0 Å². The van der Waals surface area contributed by atoms with E-state index >= 15 is 0 Å². The van der Waals surface area contributed by atoms with Gasteiger partial charge in [-0.2, -0.15) is 11.8 Å². The van der Waals surface area contributed by atoms with Crippen molar-refractivity contribution in [2.45, 2.75) is 18.8 Å². The lowest BCUT2D eigenvalue weighted by atomic mass is 10.1. The number of benzene rings is 2. The molecule has 0 fully saturated rings. The Kier molecular flexibility index (Phi) is 11.4. The van der Waals surface area contributed by atoms with E-state index in [4.69, 9.17) is 0 Å². The van der Waals surface area contributed by atoms with E-state index in [-0.39, 0.29) is 29.8 Å². The van der Waals surface area contributed by atoms with Gasteiger partial charge in [0.05, 0.1) is 7.11 Å². The molecule has 0 spiro atoms. The molecule has 0 heterocycles. The number of anilines is 1. The van der Waals surface area contributed by atoms with Crippen molar-refractivity contribution in [1.82, 2.24) is 10.6 Å². The van der Waals surface area contributed by atoms with E-state index in [0.717, 1.165) is 22.4 Å². The molecular formula is C20H26FIN4O2S. The van der Waals surface area contributed by atoms with Crippen LogP contribution in [0.3, 0.4) is 0 Å². The standard InChI is InChI=1S/C20H25FN4O2S.HI/c1-22-19(24-12-15-6-7-17(21)10-16(15)13-28-3)23-11-14-4-8-18(9-5-14)25-20(26)27-2;/h4-10H,11-13H2,1-3H3,(H,25,26)(H2,22,23,24);1H. The Bertz CT molecular complexity index is 819. The number of guanidine groups is 1. The number of aliphatic imine (C=N–C) groups is 1. The highest BCUT2D eigenvalue weighted by molar-refractivity contribution is 14.0. The molecule has 3 N–H and O–H groups in total. The summed E-state index contributed by atoms with van der Waals surface area (Å²) in [6, 6.07) is 12.3. The minimum absolute atomic E-state index is 0. The Morgan fingerprint density at radius 1 is 1.10 bits per heavy atom. The summed E-state index contributed by atoms with van der Waals surface area (Å²) in [7, 11) is 3.02. The molecular weight excluding hydrogens is 506 g/mol. The van der Waals surface area contributed by atoms with Gasteiger partial charge in [-0.15, -0.1) is 24.0 Å². The van der Waals surface area contributed by atoms with Gasteiger partial charge in [0.2, 0.25) is 0 Å². The van der Waals surface area contributed by atoms with Gasteiger partial charge in [0.1, 0.15) is 5.82 Å². The quantitative estimate of drug-likeness (QED) is 0.281. The molecule has 0 bridgehead atoms. The lowest BCUT2D eigenvalue weighted by Crippen LogP contribution is -2.36. The first kappa shape index (κ1) is 25.0. The Labute approximate surface area is 192 Å². The average Bonchev–Trinajstić information content (AvgIpc) is 2.70. The first-order valence-corrected chi connectivity index (χ1v) is 10.1. The van der Waals surface area contributed by atoms with Crippen LogP contribution >= 0.6 is 35.7 Å². The van der Waals surface area contributed by atoms with Crippen molar-refractivity contribution in [2.24, 2.45) is 4.99 Å². The molecule has 9 heteroatoms. The van der Waals surface area contributed by atoms with Crippen molar-refractivity contribution < 1.29 is 13.9 Å². The molecule has 0 saturated carbocycles. The fraction of sp³-hybridized carbons (Fsp3) is 0.300. The minimum atomic E-state index is -0.503. The van der Waals surface area contributed by atoms with E-state index in [9.17, 15) is 9.18 Å². The van der Waals surface area contributed by atoms with E-state index in [1.807, 2.05) is 18.4 Å². The van der Waals surface area contributed by atoms with Crippen molar-refractivity contribution in [3.8, 4) is 0 Å². The van der Waals surface area contributed by atoms with Crippen LogP contribution in [0.5, 0.6) is 0 Å². The molecule has 1 amide bonds. The minimum Gasteiger partial charge on any atom is -0.453 e. The highest BCUT2D eigenvalue weighted by Gasteiger charge is 2.06. The maximum absolute atomic E-state index is 13.5. The van der Waals surface area contributed by atoms with Gasteiger partial charge in [-0.3, -0.25) is 10.3 Å². The maximum atomic E-state index is 13.5. The summed E-state index contributed by atoms with van der Waals surface area (Å²) >= 11 is 1.66. The molecule has 2 aromatic carbocycles. The monoisotopic (exact) mass is 532 g/mol. The summed E-state index contributed by atoms with van der Waals surface area (Å²) in [5, 5.41) is 9.10. The summed E-state index contributed by atoms with van der Waals surface area (Å²) in [4.78, 5) is 15.4. The van der Waals surface area contributed by atoms with Crippen LogP contribution < -0.4 is 16.0 Å². The molecule has 0 atom stereocenters. The van der Waals surface area contributed by atoms with Gasteiger partial charge in [0.15, 0.2) is 5.96 Å². The molecule has 0 aliphatic heterocycles. The summed E-state index contributed by atoms with van der Waals surface area (Å²) < 4.78 is 18.0. The molecule has 0 aromatic heterocycles. The molecule has 0 saturated heterocycles. The number of thioether (sulfide) groups is 1. The SMILES string of the molecule is CN=C(NCc1ccc(NC(=O)OC)cc1)NCc1ccc(F)cc1CSC.I. The summed E-state index contributed by atoms with van der Waals surface area (Å²) in [6.45, 7) is 1.12. The molecule has 0 unspecified atom stereocenters. The van der Waals surface area contributed by atoms with Gasteiger partial charge in [-0.25, -0.2) is 9.18 Å². The summed E-state index contributed by atoms with van der Waals surface area (Å²) in [5.74, 6) is 1.18. The number of amides is 1. The summed E-state index contributed by atoms with van der Waals surface area (Å²) in [5.41, 5.74) is 3.71. The van der Waals surface area contributed by atoms with Crippen LogP contribution in [-0.2, 0) is 23.6 Å². The van der Waals surface area contributed by atoms with Crippen molar-refractivity contribution in [2.75, 3.05) is 25.7 Å². The number of hydrogen-bond donors (Lipinski definition) is 3. The maximum Gasteiger partial charge on any atom is 0.411 e. The van der Waals surface area contributed by atoms with E-state index in [1.165, 1.54) is 13.2 Å². The highest BCUT2D eigenvalue weighted by atomic mass is 127. The normalized spacial score (nSPS) is 10.7. The van der Waals surface area contributed by atoms with Gasteiger partial charge in [0.25, 0.3) is 0 Å². The predicted octanol–water partition coefficient (Wildman–Crippen LogP) is 4.35. The second-order valence-electron chi connectivity index (χ2n) is 5.94. The lowest BCUT2D eigenvalue weighted by molar-refractivity contribution is 0.187. The predicted molar refractivity (Wildman–Crippen MR) is 129 cm³/mol. The number of nitrogens with one attached hydrogen (secondary N) is 3. The summed E-state index contributed by atoms with van der Waals surface area (Å²) in [6.07, 6.45) is 1.49. The third kappa shape index (κ3) is 8.48. The van der Waals surface area contributed by atoms with Crippen LogP contribution in [0.2, 0.25) is 0 Å². The Morgan fingerprint density at radius 2 is 1.79 bits per heavy atom. The van der Waals surface area contributed by atoms with Crippen molar-refractivity contribution in [3.63, 3.8) is 0 Å². The zero-order valence-electron chi connectivity index (χ0n) is 16.6. The smallest absolute Gasteiger partial charge is 0.411 e. The van der Waals surface area contributed by atoms with Gasteiger partial charge < -0.3 is 15.4 Å². The van der Waals surface area contributed by atoms with Gasteiger partial charge in [-0.05, 0) is 47.2 Å². The highest BCUT2D eigenvalue weighted by Crippen LogP contribution is 2.16. The molecule has 29 heavy (non-hydrogen) atoms. The van der Waals surface area contributed by atoms with Gasteiger partial charge >= 0.3 is 6.09 Å². The Balaban J connectivity index is 0.00000420. The zero-order valence-corrected chi connectivity index (χ0v) is 19.8. The van der Waals surface area contributed by atoms with Gasteiger partial charge in [0, 0.05) is 31.6 Å². The number of nitrogens with zero attached hydrogens (tertiary/aromatic N) is 1. The van der Waals surface area contributed by atoms with E-state index < -0.39 is 6.09 Å². The largest absolute Gasteiger partial charge is 0.453 e. The lowest BCUT2D eigenvalue weighted by Gasteiger charge is -2.14. The van der Waals surface area contributed by atoms with Crippen LogP contribution in [0.25, 0.3) is 0 Å². The number of hydrogen-bond acceptors (Lipinski definition) is 4. The third-order valence-corrected chi connectivity index (χ3v) is 4.58. The second-order valence-corrected chi connectivity index (χ2v) is 6.80. The van der Waals surface area contributed by atoms with Crippen LogP contribution in [0, 0.1) is 5.82 Å². The van der Waals surface area contributed by atoms with Crippen LogP contribution in [-0.4, -0.2) is 32.5 Å². The first-order valence-electron chi connectivity index (χ1n) is 8.70. The number of carbonyl (C=O) groups excluding carboxylic acids is 1.